The van der Waals surface area contributed by atoms with Gasteiger partial charge >= 0.3 is 0 Å². The van der Waals surface area contributed by atoms with E-state index < -0.39 is 0 Å². The molecule has 0 saturated heterocycles. The van der Waals surface area contributed by atoms with E-state index in [1.54, 1.807) is 0 Å². The average molecular weight is 227 g/mol. The Balaban J connectivity index is 2.01. The fourth-order valence-corrected chi connectivity index (χ4v) is 2.16. The van der Waals surface area contributed by atoms with E-state index in [4.69, 9.17) is 0 Å². The second-order valence-corrected chi connectivity index (χ2v) is 4.51. The van der Waals surface area contributed by atoms with Crippen LogP contribution in [0.5, 0.6) is 0 Å². The summed E-state index contributed by atoms with van der Waals surface area (Å²) < 4.78 is 0. The highest BCUT2D eigenvalue weighted by molar-refractivity contribution is 5.72. The van der Waals surface area contributed by atoms with Crippen LogP contribution in [-0.2, 0) is 6.54 Å². The minimum atomic E-state index is 0.980. The molecule has 90 valence electrons. The standard InChI is InChI=1S/C16H21N/c1-2-3-12-17-13-15-10-6-7-11-16(15)14-8-4-5-9-14/h4-8,10-11,17H,2-3,9,12-13H2,1H3. The highest BCUT2D eigenvalue weighted by atomic mass is 14.8. The zero-order chi connectivity index (χ0) is 11.9. The van der Waals surface area contributed by atoms with Gasteiger partial charge in [0.1, 0.15) is 0 Å². The fourth-order valence-electron chi connectivity index (χ4n) is 2.16. The van der Waals surface area contributed by atoms with E-state index in [-0.39, 0.29) is 0 Å². The first-order valence-corrected chi connectivity index (χ1v) is 6.56. The van der Waals surface area contributed by atoms with Crippen LogP contribution in [0.4, 0.5) is 0 Å². The van der Waals surface area contributed by atoms with Crippen LogP contribution in [0.3, 0.4) is 0 Å². The molecule has 0 bridgehead atoms. The van der Waals surface area contributed by atoms with Crippen LogP contribution in [0.15, 0.2) is 42.5 Å². The molecule has 1 heteroatoms. The van der Waals surface area contributed by atoms with Gasteiger partial charge in [0, 0.05) is 6.54 Å². The molecule has 0 saturated carbocycles. The quantitative estimate of drug-likeness (QED) is 0.726. The van der Waals surface area contributed by atoms with E-state index in [9.17, 15) is 0 Å². The summed E-state index contributed by atoms with van der Waals surface area (Å²) in [5.74, 6) is 0. The van der Waals surface area contributed by atoms with Crippen molar-refractivity contribution in [3.05, 3.63) is 53.6 Å². The Kier molecular flexibility index (Phi) is 4.57. The smallest absolute Gasteiger partial charge is 0.0211 e. The van der Waals surface area contributed by atoms with Gasteiger partial charge in [-0.05, 0) is 36.1 Å². The van der Waals surface area contributed by atoms with Gasteiger partial charge in [-0.15, -0.1) is 0 Å². The molecule has 1 aliphatic rings. The SMILES string of the molecule is CCCCNCc1ccccc1C1=CC=CC1. The van der Waals surface area contributed by atoms with Crippen LogP contribution in [-0.4, -0.2) is 6.54 Å². The number of nitrogens with one attached hydrogen (secondary N) is 1. The summed E-state index contributed by atoms with van der Waals surface area (Å²) in [4.78, 5) is 0. The molecule has 0 fully saturated rings. The van der Waals surface area contributed by atoms with Crippen LogP contribution >= 0.6 is 0 Å². The van der Waals surface area contributed by atoms with Gasteiger partial charge in [-0.1, -0.05) is 55.8 Å². The molecule has 1 aromatic rings. The van der Waals surface area contributed by atoms with Crippen molar-refractivity contribution >= 4 is 5.57 Å². The van der Waals surface area contributed by atoms with Gasteiger partial charge in [0.05, 0.1) is 0 Å². The van der Waals surface area contributed by atoms with E-state index in [1.165, 1.54) is 29.5 Å². The maximum absolute atomic E-state index is 3.52. The summed E-state index contributed by atoms with van der Waals surface area (Å²) in [7, 11) is 0. The van der Waals surface area contributed by atoms with E-state index in [0.29, 0.717) is 0 Å². The lowest BCUT2D eigenvalue weighted by atomic mass is 9.99. The van der Waals surface area contributed by atoms with Gasteiger partial charge < -0.3 is 5.32 Å². The minimum Gasteiger partial charge on any atom is -0.313 e. The molecule has 0 heterocycles. The van der Waals surface area contributed by atoms with Crippen LogP contribution in [0.25, 0.3) is 5.57 Å². The van der Waals surface area contributed by atoms with Crippen molar-refractivity contribution in [2.45, 2.75) is 32.7 Å². The Bertz CT molecular complexity index is 415. The molecule has 0 radical (unpaired) electrons. The predicted octanol–water partition coefficient (Wildman–Crippen LogP) is 3.92. The first-order chi connectivity index (χ1) is 8.42. The second kappa shape index (κ2) is 6.41. The van der Waals surface area contributed by atoms with Crippen LogP contribution in [0.1, 0.15) is 37.3 Å². The molecule has 2 rings (SSSR count). The molecule has 1 nitrogen and oxygen atoms in total. The molecule has 1 aromatic carbocycles. The maximum atomic E-state index is 3.52. The van der Waals surface area contributed by atoms with Crippen molar-refractivity contribution < 1.29 is 0 Å². The van der Waals surface area contributed by atoms with Crippen LogP contribution in [0, 0.1) is 0 Å². The van der Waals surface area contributed by atoms with E-state index in [2.05, 4.69) is 54.7 Å². The lowest BCUT2D eigenvalue weighted by Gasteiger charge is -2.11. The normalized spacial score (nSPS) is 14.1. The third-order valence-electron chi connectivity index (χ3n) is 3.16. The largest absolute Gasteiger partial charge is 0.313 e. The van der Waals surface area contributed by atoms with Crippen molar-refractivity contribution in [2.24, 2.45) is 0 Å². The van der Waals surface area contributed by atoms with E-state index in [1.807, 2.05) is 0 Å². The molecular formula is C16H21N. The summed E-state index contributed by atoms with van der Waals surface area (Å²) in [5.41, 5.74) is 4.26. The molecular weight excluding hydrogens is 206 g/mol. The lowest BCUT2D eigenvalue weighted by Crippen LogP contribution is -2.15. The van der Waals surface area contributed by atoms with Gasteiger partial charge in [0.15, 0.2) is 0 Å². The highest BCUT2D eigenvalue weighted by Crippen LogP contribution is 2.26. The van der Waals surface area contributed by atoms with E-state index >= 15 is 0 Å². The topological polar surface area (TPSA) is 12.0 Å². The monoisotopic (exact) mass is 227 g/mol. The summed E-state index contributed by atoms with van der Waals surface area (Å²) >= 11 is 0. The lowest BCUT2D eigenvalue weighted by molar-refractivity contribution is 0.641. The molecule has 1 aliphatic carbocycles. The molecule has 0 aromatic heterocycles. The number of benzene rings is 1. The molecule has 1 N–H and O–H groups in total. The summed E-state index contributed by atoms with van der Waals surface area (Å²) in [5, 5.41) is 3.52. The Morgan fingerprint density at radius 2 is 2.12 bits per heavy atom. The van der Waals surface area contributed by atoms with Crippen molar-refractivity contribution in [1.29, 1.82) is 0 Å². The van der Waals surface area contributed by atoms with Crippen molar-refractivity contribution in [1.82, 2.24) is 5.32 Å². The summed E-state index contributed by atoms with van der Waals surface area (Å²) in [6, 6.07) is 8.72. The van der Waals surface area contributed by atoms with Gasteiger partial charge in [-0.3, -0.25) is 0 Å². The van der Waals surface area contributed by atoms with Crippen LogP contribution in [0.2, 0.25) is 0 Å². The molecule has 0 amide bonds. The van der Waals surface area contributed by atoms with Gasteiger partial charge in [-0.25, -0.2) is 0 Å². The first kappa shape index (κ1) is 12.1. The van der Waals surface area contributed by atoms with Crippen molar-refractivity contribution in [3.8, 4) is 0 Å². The zero-order valence-corrected chi connectivity index (χ0v) is 10.6. The summed E-state index contributed by atoms with van der Waals surface area (Å²) in [6.07, 6.45) is 10.2. The molecule has 0 atom stereocenters. The predicted molar refractivity (Wildman–Crippen MR) is 74.8 cm³/mol. The second-order valence-electron chi connectivity index (χ2n) is 4.51. The van der Waals surface area contributed by atoms with Gasteiger partial charge in [-0.2, -0.15) is 0 Å². The first-order valence-electron chi connectivity index (χ1n) is 6.56. The average Bonchev–Trinajstić information content (AvgIpc) is 2.89. The maximum Gasteiger partial charge on any atom is 0.0211 e. The number of rotatable bonds is 6. The Labute approximate surface area is 104 Å². The molecule has 0 aliphatic heterocycles. The number of hydrogen-bond donors (Lipinski definition) is 1. The van der Waals surface area contributed by atoms with E-state index in [0.717, 1.165) is 19.5 Å². The van der Waals surface area contributed by atoms with Crippen molar-refractivity contribution in [2.75, 3.05) is 6.54 Å². The van der Waals surface area contributed by atoms with Crippen molar-refractivity contribution in [3.63, 3.8) is 0 Å². The summed E-state index contributed by atoms with van der Waals surface area (Å²) in [6.45, 7) is 4.32. The fraction of sp³-hybridized carbons (Fsp3) is 0.375. The highest BCUT2D eigenvalue weighted by Gasteiger charge is 2.07. The van der Waals surface area contributed by atoms with Crippen LogP contribution < -0.4 is 5.32 Å². The number of allylic oxidation sites excluding steroid dienone is 4. The number of unbranched alkanes of at least 4 members (excludes halogenated alkanes) is 1. The third kappa shape index (κ3) is 3.31. The molecule has 0 unspecified atom stereocenters. The third-order valence-corrected chi connectivity index (χ3v) is 3.16. The number of hydrogen-bond acceptors (Lipinski definition) is 1. The molecule has 17 heavy (non-hydrogen) atoms. The minimum absolute atomic E-state index is 0.980. The Hall–Kier alpha value is -1.34. The van der Waals surface area contributed by atoms with Gasteiger partial charge in [0.2, 0.25) is 0 Å². The molecule has 0 spiro atoms. The zero-order valence-electron chi connectivity index (χ0n) is 10.6. The Morgan fingerprint density at radius 3 is 2.88 bits per heavy atom. The van der Waals surface area contributed by atoms with Gasteiger partial charge in [0.25, 0.3) is 0 Å². The Morgan fingerprint density at radius 1 is 1.24 bits per heavy atom.